The van der Waals surface area contributed by atoms with Gasteiger partial charge in [0.1, 0.15) is 0 Å². The maximum absolute atomic E-state index is 12.5. The van der Waals surface area contributed by atoms with E-state index in [0.717, 1.165) is 31.5 Å². The Kier molecular flexibility index (Phi) is 3.48. The predicted molar refractivity (Wildman–Crippen MR) is 70.1 cm³/mol. The summed E-state index contributed by atoms with van der Waals surface area (Å²) < 4.78 is 0. The van der Waals surface area contributed by atoms with Crippen molar-refractivity contribution in [3.05, 3.63) is 30.3 Å². The minimum atomic E-state index is -0.167. The number of para-hydroxylation sites is 1. The van der Waals surface area contributed by atoms with Crippen LogP contribution in [0.1, 0.15) is 19.3 Å². The fraction of sp³-hybridized carbons (Fsp3) is 0.500. The number of hydrogen-bond acceptors (Lipinski definition) is 2. The van der Waals surface area contributed by atoms with Crippen molar-refractivity contribution in [2.45, 2.75) is 19.3 Å². The molecule has 1 aromatic carbocycles. The molecule has 1 N–H and O–H groups in total. The van der Waals surface area contributed by atoms with E-state index >= 15 is 0 Å². The molecule has 1 aromatic rings. The summed E-state index contributed by atoms with van der Waals surface area (Å²) in [6.45, 7) is 0.781. The van der Waals surface area contributed by atoms with Crippen molar-refractivity contribution >= 4 is 11.6 Å². The van der Waals surface area contributed by atoms with Crippen LogP contribution in [-0.4, -0.2) is 26.5 Å². The molecule has 0 spiro atoms. The molecule has 3 heteroatoms. The first-order chi connectivity index (χ1) is 8.19. The highest BCUT2D eigenvalue weighted by Gasteiger charge is 2.45. The molecular formula is C14H20N2O. The number of rotatable bonds is 4. The SMILES string of the molecule is CNCC1(C(=O)N(C)c2ccccc2)CCC1. The topological polar surface area (TPSA) is 32.3 Å². The highest BCUT2D eigenvalue weighted by atomic mass is 16.2. The summed E-state index contributed by atoms with van der Waals surface area (Å²) in [7, 11) is 3.78. The zero-order valence-corrected chi connectivity index (χ0v) is 10.6. The normalized spacial score (nSPS) is 17.3. The molecule has 0 aliphatic heterocycles. The van der Waals surface area contributed by atoms with Gasteiger partial charge in [-0.3, -0.25) is 4.79 Å². The van der Waals surface area contributed by atoms with E-state index in [9.17, 15) is 4.79 Å². The van der Waals surface area contributed by atoms with Crippen LogP contribution in [-0.2, 0) is 4.79 Å². The van der Waals surface area contributed by atoms with Crippen molar-refractivity contribution in [1.29, 1.82) is 0 Å². The van der Waals surface area contributed by atoms with Crippen molar-refractivity contribution < 1.29 is 4.79 Å². The number of hydrogen-bond donors (Lipinski definition) is 1. The zero-order chi connectivity index (χ0) is 12.3. The highest BCUT2D eigenvalue weighted by Crippen LogP contribution is 2.42. The summed E-state index contributed by atoms with van der Waals surface area (Å²) in [6, 6.07) is 9.84. The lowest BCUT2D eigenvalue weighted by molar-refractivity contribution is -0.132. The van der Waals surface area contributed by atoms with Crippen molar-refractivity contribution in [2.24, 2.45) is 5.41 Å². The Hall–Kier alpha value is -1.35. The average molecular weight is 232 g/mol. The van der Waals surface area contributed by atoms with Gasteiger partial charge in [0.05, 0.1) is 5.41 Å². The lowest BCUT2D eigenvalue weighted by Crippen LogP contribution is -2.51. The van der Waals surface area contributed by atoms with Gasteiger partial charge in [0.2, 0.25) is 5.91 Å². The zero-order valence-electron chi connectivity index (χ0n) is 10.6. The Labute approximate surface area is 103 Å². The Morgan fingerprint density at radius 3 is 2.47 bits per heavy atom. The Morgan fingerprint density at radius 2 is 2.00 bits per heavy atom. The van der Waals surface area contributed by atoms with Crippen LogP contribution in [0.3, 0.4) is 0 Å². The second kappa shape index (κ2) is 4.88. The number of amides is 1. The first-order valence-corrected chi connectivity index (χ1v) is 6.17. The smallest absolute Gasteiger partial charge is 0.234 e. The van der Waals surface area contributed by atoms with Crippen molar-refractivity contribution in [3.63, 3.8) is 0 Å². The molecule has 1 aliphatic rings. The Morgan fingerprint density at radius 1 is 1.35 bits per heavy atom. The van der Waals surface area contributed by atoms with Gasteiger partial charge in [-0.15, -0.1) is 0 Å². The Balaban J connectivity index is 2.14. The third-order valence-corrected chi connectivity index (χ3v) is 3.73. The molecule has 0 unspecified atom stereocenters. The summed E-state index contributed by atoms with van der Waals surface area (Å²) in [5.41, 5.74) is 0.805. The number of nitrogens with zero attached hydrogens (tertiary/aromatic N) is 1. The van der Waals surface area contributed by atoms with Gasteiger partial charge >= 0.3 is 0 Å². The van der Waals surface area contributed by atoms with E-state index in [4.69, 9.17) is 0 Å². The number of anilines is 1. The second-order valence-corrected chi connectivity index (χ2v) is 4.86. The minimum absolute atomic E-state index is 0.167. The van der Waals surface area contributed by atoms with Gasteiger partial charge in [-0.1, -0.05) is 24.6 Å². The number of carbonyl (C=O) groups is 1. The molecule has 1 aliphatic carbocycles. The van der Waals surface area contributed by atoms with Gasteiger partial charge in [0.15, 0.2) is 0 Å². The first-order valence-electron chi connectivity index (χ1n) is 6.17. The Bertz CT molecular complexity index is 384. The number of carbonyl (C=O) groups excluding carboxylic acids is 1. The van der Waals surface area contributed by atoms with E-state index in [1.807, 2.05) is 44.4 Å². The lowest BCUT2D eigenvalue weighted by Gasteiger charge is -2.42. The fourth-order valence-corrected chi connectivity index (χ4v) is 2.53. The average Bonchev–Trinajstić information content (AvgIpc) is 2.33. The van der Waals surface area contributed by atoms with Gasteiger partial charge in [-0.25, -0.2) is 0 Å². The predicted octanol–water partition coefficient (Wildman–Crippen LogP) is 2.04. The third-order valence-electron chi connectivity index (χ3n) is 3.73. The quantitative estimate of drug-likeness (QED) is 0.861. The largest absolute Gasteiger partial charge is 0.319 e. The molecule has 0 atom stereocenters. The van der Waals surface area contributed by atoms with Crippen LogP contribution < -0.4 is 10.2 Å². The maximum Gasteiger partial charge on any atom is 0.234 e. The van der Waals surface area contributed by atoms with Crippen LogP contribution >= 0.6 is 0 Å². The van der Waals surface area contributed by atoms with Crippen LogP contribution in [0.15, 0.2) is 30.3 Å². The summed E-state index contributed by atoms with van der Waals surface area (Å²) in [4.78, 5) is 14.3. The summed E-state index contributed by atoms with van der Waals surface area (Å²) in [5, 5.41) is 3.15. The molecular weight excluding hydrogens is 212 g/mol. The van der Waals surface area contributed by atoms with Crippen LogP contribution in [0.25, 0.3) is 0 Å². The minimum Gasteiger partial charge on any atom is -0.319 e. The molecule has 0 radical (unpaired) electrons. The molecule has 17 heavy (non-hydrogen) atoms. The highest BCUT2D eigenvalue weighted by molar-refractivity contribution is 5.97. The lowest BCUT2D eigenvalue weighted by atomic mass is 9.67. The van der Waals surface area contributed by atoms with Gasteiger partial charge < -0.3 is 10.2 Å². The molecule has 0 saturated heterocycles. The monoisotopic (exact) mass is 232 g/mol. The fourth-order valence-electron chi connectivity index (χ4n) is 2.53. The molecule has 0 bridgehead atoms. The van der Waals surface area contributed by atoms with Gasteiger partial charge in [-0.2, -0.15) is 0 Å². The van der Waals surface area contributed by atoms with E-state index in [-0.39, 0.29) is 11.3 Å². The van der Waals surface area contributed by atoms with Crippen LogP contribution in [0, 0.1) is 5.41 Å². The van der Waals surface area contributed by atoms with E-state index in [2.05, 4.69) is 5.32 Å². The van der Waals surface area contributed by atoms with Crippen LogP contribution in [0.5, 0.6) is 0 Å². The second-order valence-electron chi connectivity index (χ2n) is 4.86. The molecule has 2 rings (SSSR count). The van der Waals surface area contributed by atoms with Crippen LogP contribution in [0.2, 0.25) is 0 Å². The summed E-state index contributed by atoms with van der Waals surface area (Å²) in [6.07, 6.45) is 3.17. The van der Waals surface area contributed by atoms with E-state index < -0.39 is 0 Å². The standard InChI is InChI=1S/C14H20N2O/c1-15-11-14(9-6-10-14)13(17)16(2)12-7-4-3-5-8-12/h3-5,7-8,15H,6,9-11H2,1-2H3. The summed E-state index contributed by atoms with van der Waals surface area (Å²) in [5.74, 6) is 0.240. The molecule has 0 aromatic heterocycles. The number of nitrogens with one attached hydrogen (secondary N) is 1. The van der Waals surface area contributed by atoms with Crippen molar-refractivity contribution in [2.75, 3.05) is 25.5 Å². The van der Waals surface area contributed by atoms with Gasteiger partial charge in [0, 0.05) is 19.3 Å². The van der Waals surface area contributed by atoms with E-state index in [1.165, 1.54) is 0 Å². The molecule has 3 nitrogen and oxygen atoms in total. The maximum atomic E-state index is 12.5. The molecule has 92 valence electrons. The summed E-state index contributed by atoms with van der Waals surface area (Å²) >= 11 is 0. The molecule has 1 saturated carbocycles. The number of benzene rings is 1. The van der Waals surface area contributed by atoms with Gasteiger partial charge in [-0.05, 0) is 32.0 Å². The van der Waals surface area contributed by atoms with Crippen molar-refractivity contribution in [1.82, 2.24) is 5.32 Å². The first kappa shape index (κ1) is 12.1. The van der Waals surface area contributed by atoms with Gasteiger partial charge in [0.25, 0.3) is 0 Å². The van der Waals surface area contributed by atoms with Crippen molar-refractivity contribution in [3.8, 4) is 0 Å². The van der Waals surface area contributed by atoms with E-state index in [1.54, 1.807) is 4.90 Å². The third kappa shape index (κ3) is 2.20. The molecule has 1 fully saturated rings. The van der Waals surface area contributed by atoms with Crippen LogP contribution in [0.4, 0.5) is 5.69 Å². The van der Waals surface area contributed by atoms with E-state index in [0.29, 0.717) is 0 Å². The molecule has 0 heterocycles. The molecule has 1 amide bonds.